The SMILES string of the molecule is COc1ccc(-c2cc(=O)c3c(N)ccc(OC)c3o2)cc1OC. The highest BCUT2D eigenvalue weighted by Crippen LogP contribution is 2.35. The molecule has 0 fully saturated rings. The van der Waals surface area contributed by atoms with Crippen molar-refractivity contribution in [2.75, 3.05) is 27.1 Å². The van der Waals surface area contributed by atoms with Crippen LogP contribution in [0.4, 0.5) is 5.69 Å². The van der Waals surface area contributed by atoms with E-state index >= 15 is 0 Å². The van der Waals surface area contributed by atoms with Gasteiger partial charge in [0, 0.05) is 17.3 Å². The van der Waals surface area contributed by atoms with Crippen molar-refractivity contribution in [2.24, 2.45) is 0 Å². The van der Waals surface area contributed by atoms with E-state index < -0.39 is 0 Å². The molecule has 0 saturated carbocycles. The average Bonchev–Trinajstić information content (AvgIpc) is 2.61. The third-order valence-electron chi connectivity index (χ3n) is 3.76. The molecule has 0 amide bonds. The molecule has 0 spiro atoms. The predicted octanol–water partition coefficient (Wildman–Crippen LogP) is 3.07. The van der Waals surface area contributed by atoms with Gasteiger partial charge in [0.15, 0.2) is 28.3 Å². The fourth-order valence-corrected chi connectivity index (χ4v) is 2.56. The summed E-state index contributed by atoms with van der Waals surface area (Å²) in [7, 11) is 4.61. The lowest BCUT2D eigenvalue weighted by Gasteiger charge is -2.11. The lowest BCUT2D eigenvalue weighted by atomic mass is 10.1. The summed E-state index contributed by atoms with van der Waals surface area (Å²) in [4.78, 5) is 12.5. The van der Waals surface area contributed by atoms with E-state index in [1.54, 1.807) is 44.6 Å². The van der Waals surface area contributed by atoms with Crippen molar-refractivity contribution in [1.29, 1.82) is 0 Å². The first-order valence-corrected chi connectivity index (χ1v) is 7.21. The number of benzene rings is 2. The number of fused-ring (bicyclic) bond motifs is 1. The number of ether oxygens (including phenoxy) is 3. The monoisotopic (exact) mass is 327 g/mol. The highest BCUT2D eigenvalue weighted by Gasteiger charge is 2.15. The second kappa shape index (κ2) is 6.16. The van der Waals surface area contributed by atoms with Crippen LogP contribution >= 0.6 is 0 Å². The number of nitrogen functional groups attached to an aromatic ring is 1. The number of rotatable bonds is 4. The van der Waals surface area contributed by atoms with Gasteiger partial charge in [-0.15, -0.1) is 0 Å². The van der Waals surface area contributed by atoms with Crippen LogP contribution in [0.1, 0.15) is 0 Å². The molecule has 6 nitrogen and oxygen atoms in total. The van der Waals surface area contributed by atoms with Crippen molar-refractivity contribution in [3.63, 3.8) is 0 Å². The number of anilines is 1. The van der Waals surface area contributed by atoms with Gasteiger partial charge in [-0.1, -0.05) is 0 Å². The smallest absolute Gasteiger partial charge is 0.195 e. The first-order chi connectivity index (χ1) is 11.6. The van der Waals surface area contributed by atoms with Gasteiger partial charge in [0.1, 0.15) is 5.76 Å². The zero-order valence-corrected chi connectivity index (χ0v) is 13.6. The summed E-state index contributed by atoms with van der Waals surface area (Å²) < 4.78 is 21.7. The first kappa shape index (κ1) is 15.7. The number of nitrogens with two attached hydrogens (primary N) is 1. The second-order valence-corrected chi connectivity index (χ2v) is 5.11. The maximum Gasteiger partial charge on any atom is 0.195 e. The normalized spacial score (nSPS) is 10.6. The van der Waals surface area contributed by atoms with E-state index in [-0.39, 0.29) is 5.43 Å². The Morgan fingerprint density at radius 3 is 2.21 bits per heavy atom. The largest absolute Gasteiger partial charge is 0.493 e. The van der Waals surface area contributed by atoms with Gasteiger partial charge in [0.05, 0.1) is 26.7 Å². The molecule has 2 N–H and O–H groups in total. The Labute approximate surface area is 138 Å². The van der Waals surface area contributed by atoms with Gasteiger partial charge in [-0.25, -0.2) is 0 Å². The first-order valence-electron chi connectivity index (χ1n) is 7.21. The Hall–Kier alpha value is -3.15. The maximum absolute atomic E-state index is 12.5. The molecule has 6 heteroatoms. The molecule has 0 atom stereocenters. The van der Waals surface area contributed by atoms with Crippen LogP contribution in [0.5, 0.6) is 17.2 Å². The topological polar surface area (TPSA) is 83.9 Å². The van der Waals surface area contributed by atoms with E-state index in [1.165, 1.54) is 13.2 Å². The molecular formula is C18H17NO5. The molecule has 0 bridgehead atoms. The predicted molar refractivity (Wildman–Crippen MR) is 92.0 cm³/mol. The van der Waals surface area contributed by atoms with Crippen molar-refractivity contribution in [3.05, 3.63) is 46.6 Å². The van der Waals surface area contributed by atoms with Gasteiger partial charge >= 0.3 is 0 Å². The minimum atomic E-state index is -0.238. The van der Waals surface area contributed by atoms with Gasteiger partial charge in [-0.2, -0.15) is 0 Å². The zero-order chi connectivity index (χ0) is 17.3. The lowest BCUT2D eigenvalue weighted by Crippen LogP contribution is -2.05. The zero-order valence-electron chi connectivity index (χ0n) is 13.6. The van der Waals surface area contributed by atoms with Crippen molar-refractivity contribution < 1.29 is 18.6 Å². The van der Waals surface area contributed by atoms with Crippen LogP contribution in [0.2, 0.25) is 0 Å². The van der Waals surface area contributed by atoms with Gasteiger partial charge in [0.2, 0.25) is 0 Å². The van der Waals surface area contributed by atoms with Crippen molar-refractivity contribution in [1.82, 2.24) is 0 Å². The lowest BCUT2D eigenvalue weighted by molar-refractivity contribution is 0.355. The van der Waals surface area contributed by atoms with Crippen LogP contribution in [0.15, 0.2) is 45.6 Å². The van der Waals surface area contributed by atoms with Crippen molar-refractivity contribution in [2.45, 2.75) is 0 Å². The Morgan fingerprint density at radius 2 is 1.54 bits per heavy atom. The van der Waals surface area contributed by atoms with Gasteiger partial charge < -0.3 is 24.4 Å². The summed E-state index contributed by atoms with van der Waals surface area (Å²) >= 11 is 0. The molecule has 24 heavy (non-hydrogen) atoms. The summed E-state index contributed by atoms with van der Waals surface area (Å²) in [5.74, 6) is 1.96. The molecule has 1 heterocycles. The highest BCUT2D eigenvalue weighted by molar-refractivity contribution is 5.93. The summed E-state index contributed by atoms with van der Waals surface area (Å²) in [6, 6.07) is 9.95. The van der Waals surface area contributed by atoms with E-state index in [0.717, 1.165) is 0 Å². The summed E-state index contributed by atoms with van der Waals surface area (Å²) in [5, 5.41) is 0.304. The molecule has 124 valence electrons. The Bertz CT molecular complexity index is 962. The van der Waals surface area contributed by atoms with Gasteiger partial charge in [0.25, 0.3) is 0 Å². The molecule has 0 aliphatic rings. The van der Waals surface area contributed by atoms with E-state index in [1.807, 2.05) is 0 Å². The molecule has 0 radical (unpaired) electrons. The Morgan fingerprint density at radius 1 is 0.875 bits per heavy atom. The van der Waals surface area contributed by atoms with E-state index in [9.17, 15) is 4.79 Å². The van der Waals surface area contributed by atoms with Gasteiger partial charge in [-0.3, -0.25) is 4.79 Å². The van der Waals surface area contributed by atoms with Crippen molar-refractivity contribution in [3.8, 4) is 28.6 Å². The van der Waals surface area contributed by atoms with E-state index in [4.69, 9.17) is 24.4 Å². The standard InChI is InChI=1S/C18H17NO5/c1-21-13-6-4-10(8-16(13)23-3)15-9-12(20)17-11(19)5-7-14(22-2)18(17)24-15/h4-9H,19H2,1-3H3. The Balaban J connectivity index is 2.26. The molecule has 0 aliphatic heterocycles. The minimum absolute atomic E-state index is 0.238. The summed E-state index contributed by atoms with van der Waals surface area (Å²) in [5.41, 5.74) is 7.00. The fourth-order valence-electron chi connectivity index (χ4n) is 2.56. The molecule has 0 unspecified atom stereocenters. The van der Waals surface area contributed by atoms with Crippen LogP contribution in [0.25, 0.3) is 22.3 Å². The fraction of sp³-hybridized carbons (Fsp3) is 0.167. The van der Waals surface area contributed by atoms with Crippen LogP contribution < -0.4 is 25.4 Å². The number of methoxy groups -OCH3 is 3. The van der Waals surface area contributed by atoms with Crippen LogP contribution in [-0.2, 0) is 0 Å². The third kappa shape index (κ3) is 2.52. The van der Waals surface area contributed by atoms with Crippen LogP contribution in [-0.4, -0.2) is 21.3 Å². The summed E-state index contributed by atoms with van der Waals surface area (Å²) in [6.07, 6.45) is 0. The molecule has 3 aromatic rings. The maximum atomic E-state index is 12.5. The minimum Gasteiger partial charge on any atom is -0.493 e. The summed E-state index contributed by atoms with van der Waals surface area (Å²) in [6.45, 7) is 0. The molecule has 0 saturated heterocycles. The number of hydrogen-bond acceptors (Lipinski definition) is 6. The van der Waals surface area contributed by atoms with E-state index in [0.29, 0.717) is 45.2 Å². The van der Waals surface area contributed by atoms with Crippen molar-refractivity contribution >= 4 is 16.7 Å². The van der Waals surface area contributed by atoms with Gasteiger partial charge in [-0.05, 0) is 30.3 Å². The molecule has 3 rings (SSSR count). The quantitative estimate of drug-likeness (QED) is 0.741. The van der Waals surface area contributed by atoms with Crippen LogP contribution in [0.3, 0.4) is 0 Å². The highest BCUT2D eigenvalue weighted by atomic mass is 16.5. The molecule has 2 aromatic carbocycles. The Kier molecular flexibility index (Phi) is 4.04. The van der Waals surface area contributed by atoms with E-state index in [2.05, 4.69) is 0 Å². The average molecular weight is 327 g/mol. The molecule has 1 aromatic heterocycles. The number of hydrogen-bond donors (Lipinski definition) is 1. The second-order valence-electron chi connectivity index (χ2n) is 5.11. The molecular weight excluding hydrogens is 310 g/mol. The van der Waals surface area contributed by atoms with Crippen LogP contribution in [0, 0.1) is 0 Å². The third-order valence-corrected chi connectivity index (χ3v) is 3.76. The molecule has 0 aliphatic carbocycles.